The smallest absolute Gasteiger partial charge is 0.249 e. The van der Waals surface area contributed by atoms with Crippen LogP contribution in [0.25, 0.3) is 0 Å². The Labute approximate surface area is 94.9 Å². The monoisotopic (exact) mass is 225 g/mol. The summed E-state index contributed by atoms with van der Waals surface area (Å²) >= 11 is 0. The lowest BCUT2D eigenvalue weighted by Crippen LogP contribution is -2.34. The molecule has 2 rings (SSSR count). The number of rotatable bonds is 3. The first kappa shape index (κ1) is 11.4. The van der Waals surface area contributed by atoms with Crippen molar-refractivity contribution in [3.63, 3.8) is 0 Å². The van der Waals surface area contributed by atoms with Gasteiger partial charge in [-0.1, -0.05) is 18.2 Å². The van der Waals surface area contributed by atoms with Gasteiger partial charge in [0.2, 0.25) is 5.92 Å². The Balaban J connectivity index is 2.15. The van der Waals surface area contributed by atoms with Crippen molar-refractivity contribution in [3.8, 4) is 0 Å². The van der Waals surface area contributed by atoms with Crippen LogP contribution < -0.4 is 5.32 Å². The summed E-state index contributed by atoms with van der Waals surface area (Å²) in [6, 6.07) is 8.08. The molecule has 88 valence electrons. The zero-order valence-electron chi connectivity index (χ0n) is 9.63. The van der Waals surface area contributed by atoms with Crippen LogP contribution in [0.2, 0.25) is 0 Å². The Bertz CT molecular complexity index is 366. The summed E-state index contributed by atoms with van der Waals surface area (Å²) < 4.78 is 25.7. The van der Waals surface area contributed by atoms with E-state index >= 15 is 0 Å². The molecule has 0 aliphatic heterocycles. The molecule has 1 fully saturated rings. The quantitative estimate of drug-likeness (QED) is 0.819. The van der Waals surface area contributed by atoms with E-state index < -0.39 is 5.92 Å². The summed E-state index contributed by atoms with van der Waals surface area (Å²) in [6.45, 7) is 4.10. The molecule has 16 heavy (non-hydrogen) atoms. The van der Waals surface area contributed by atoms with Crippen LogP contribution in [0, 0.1) is 0 Å². The maximum Gasteiger partial charge on any atom is 0.249 e. The van der Waals surface area contributed by atoms with E-state index in [2.05, 4.69) is 5.32 Å². The minimum absolute atomic E-state index is 0.0101. The third-order valence-electron chi connectivity index (χ3n) is 2.93. The first-order valence-corrected chi connectivity index (χ1v) is 5.71. The molecule has 0 atom stereocenters. The fraction of sp³-hybridized carbons (Fsp3) is 0.538. The molecule has 1 N–H and O–H groups in total. The van der Waals surface area contributed by atoms with Crippen LogP contribution in [0.4, 0.5) is 14.5 Å². The third kappa shape index (κ3) is 2.34. The number of hydrogen-bond acceptors (Lipinski definition) is 1. The van der Waals surface area contributed by atoms with E-state index in [9.17, 15) is 8.78 Å². The van der Waals surface area contributed by atoms with Crippen molar-refractivity contribution in [2.24, 2.45) is 0 Å². The van der Waals surface area contributed by atoms with Gasteiger partial charge in [0, 0.05) is 24.6 Å². The van der Waals surface area contributed by atoms with E-state index in [4.69, 9.17) is 0 Å². The second-order valence-electron chi connectivity index (χ2n) is 4.85. The third-order valence-corrected chi connectivity index (χ3v) is 2.93. The summed E-state index contributed by atoms with van der Waals surface area (Å²) in [6.07, 6.45) is -0.0203. The maximum atomic E-state index is 12.8. The zero-order valence-corrected chi connectivity index (χ0v) is 9.63. The van der Waals surface area contributed by atoms with Crippen LogP contribution in [0.3, 0.4) is 0 Å². The van der Waals surface area contributed by atoms with Gasteiger partial charge in [-0.3, -0.25) is 0 Å². The first-order chi connectivity index (χ1) is 7.48. The van der Waals surface area contributed by atoms with Crippen molar-refractivity contribution < 1.29 is 8.78 Å². The Morgan fingerprint density at radius 3 is 2.44 bits per heavy atom. The Kier molecular flexibility index (Phi) is 2.87. The molecule has 0 aromatic heterocycles. The SMILES string of the molecule is CC(C)Nc1ccccc1C1CC(F)(F)C1. The van der Waals surface area contributed by atoms with Gasteiger partial charge in [0.15, 0.2) is 0 Å². The molecule has 1 aromatic carbocycles. The highest BCUT2D eigenvalue weighted by atomic mass is 19.3. The van der Waals surface area contributed by atoms with Crippen LogP contribution in [-0.2, 0) is 0 Å². The number of hydrogen-bond donors (Lipinski definition) is 1. The second kappa shape index (κ2) is 4.04. The Morgan fingerprint density at radius 2 is 1.88 bits per heavy atom. The van der Waals surface area contributed by atoms with Crippen molar-refractivity contribution in [2.75, 3.05) is 5.32 Å². The molecule has 0 spiro atoms. The summed E-state index contributed by atoms with van der Waals surface area (Å²) in [5, 5.41) is 3.30. The van der Waals surface area contributed by atoms with Gasteiger partial charge in [0.05, 0.1) is 0 Å². The van der Waals surface area contributed by atoms with Gasteiger partial charge >= 0.3 is 0 Å². The predicted octanol–water partition coefficient (Wildman–Crippen LogP) is 4.02. The number of nitrogens with one attached hydrogen (secondary N) is 1. The van der Waals surface area contributed by atoms with Crippen molar-refractivity contribution in [2.45, 2.75) is 44.6 Å². The number of para-hydroxylation sites is 1. The number of halogens is 2. The van der Waals surface area contributed by atoms with E-state index in [1.54, 1.807) is 0 Å². The predicted molar refractivity (Wildman–Crippen MR) is 62.1 cm³/mol. The normalized spacial score (nSPS) is 19.6. The highest BCUT2D eigenvalue weighted by molar-refractivity contribution is 5.54. The van der Waals surface area contributed by atoms with E-state index in [-0.39, 0.29) is 18.8 Å². The van der Waals surface area contributed by atoms with Crippen LogP contribution in [-0.4, -0.2) is 12.0 Å². The molecule has 1 nitrogen and oxygen atoms in total. The highest BCUT2D eigenvalue weighted by Crippen LogP contribution is 2.49. The average Bonchev–Trinajstić information content (AvgIpc) is 2.14. The van der Waals surface area contributed by atoms with Gasteiger partial charge in [-0.25, -0.2) is 8.78 Å². The van der Waals surface area contributed by atoms with E-state index in [0.717, 1.165) is 11.3 Å². The lowest BCUT2D eigenvalue weighted by atomic mass is 9.76. The van der Waals surface area contributed by atoms with Crippen molar-refractivity contribution in [3.05, 3.63) is 29.8 Å². The van der Waals surface area contributed by atoms with Crippen LogP contribution in [0.5, 0.6) is 0 Å². The first-order valence-electron chi connectivity index (χ1n) is 5.71. The van der Waals surface area contributed by atoms with Gasteiger partial charge in [0.25, 0.3) is 0 Å². The standard InChI is InChI=1S/C13H17F2N/c1-9(2)16-12-6-4-3-5-11(12)10-7-13(14,15)8-10/h3-6,9-10,16H,7-8H2,1-2H3. The molecule has 0 bridgehead atoms. The molecule has 1 aliphatic carbocycles. The summed E-state index contributed by atoms with van der Waals surface area (Å²) in [4.78, 5) is 0. The lowest BCUT2D eigenvalue weighted by molar-refractivity contribution is -0.0866. The fourth-order valence-electron chi connectivity index (χ4n) is 2.18. The minimum Gasteiger partial charge on any atom is -0.383 e. The lowest BCUT2D eigenvalue weighted by Gasteiger charge is -2.36. The van der Waals surface area contributed by atoms with Crippen molar-refractivity contribution >= 4 is 5.69 Å². The van der Waals surface area contributed by atoms with E-state index in [1.807, 2.05) is 38.1 Å². The number of anilines is 1. The summed E-state index contributed by atoms with van der Waals surface area (Å²) in [7, 11) is 0. The molecular formula is C13H17F2N. The molecule has 0 heterocycles. The average molecular weight is 225 g/mol. The molecule has 3 heteroatoms. The van der Waals surface area contributed by atoms with Crippen LogP contribution in [0.1, 0.15) is 38.2 Å². The van der Waals surface area contributed by atoms with E-state index in [0.29, 0.717) is 6.04 Å². The van der Waals surface area contributed by atoms with Crippen molar-refractivity contribution in [1.29, 1.82) is 0 Å². The molecular weight excluding hydrogens is 208 g/mol. The molecule has 0 radical (unpaired) electrons. The molecule has 0 amide bonds. The fourth-order valence-corrected chi connectivity index (χ4v) is 2.18. The molecule has 1 aromatic rings. The topological polar surface area (TPSA) is 12.0 Å². The maximum absolute atomic E-state index is 12.8. The highest BCUT2D eigenvalue weighted by Gasteiger charge is 2.46. The van der Waals surface area contributed by atoms with Crippen LogP contribution in [0.15, 0.2) is 24.3 Å². The summed E-state index contributed by atoms with van der Waals surface area (Å²) in [5.74, 6) is -2.44. The summed E-state index contributed by atoms with van der Waals surface area (Å²) in [5.41, 5.74) is 2.03. The molecule has 1 saturated carbocycles. The van der Waals surface area contributed by atoms with Gasteiger partial charge in [-0.2, -0.15) is 0 Å². The van der Waals surface area contributed by atoms with Gasteiger partial charge < -0.3 is 5.32 Å². The van der Waals surface area contributed by atoms with Crippen molar-refractivity contribution in [1.82, 2.24) is 0 Å². The second-order valence-corrected chi connectivity index (χ2v) is 4.85. The van der Waals surface area contributed by atoms with Gasteiger partial charge in [-0.15, -0.1) is 0 Å². The van der Waals surface area contributed by atoms with E-state index in [1.165, 1.54) is 0 Å². The Hall–Kier alpha value is -1.12. The van der Waals surface area contributed by atoms with Gasteiger partial charge in [-0.05, 0) is 31.4 Å². The number of alkyl halides is 2. The van der Waals surface area contributed by atoms with Gasteiger partial charge in [0.1, 0.15) is 0 Å². The largest absolute Gasteiger partial charge is 0.383 e. The minimum atomic E-state index is -2.45. The molecule has 0 unspecified atom stereocenters. The van der Waals surface area contributed by atoms with Crippen LogP contribution >= 0.6 is 0 Å². The Morgan fingerprint density at radius 1 is 1.25 bits per heavy atom. The molecule has 0 saturated heterocycles. The molecule has 1 aliphatic rings. The zero-order chi connectivity index (χ0) is 11.8. The number of benzene rings is 1.